The van der Waals surface area contributed by atoms with E-state index in [1.807, 2.05) is 54.6 Å². The lowest BCUT2D eigenvalue weighted by Gasteiger charge is -2.28. The molecule has 2 aliphatic rings. The Hall–Kier alpha value is -3.97. The first-order chi connectivity index (χ1) is 16.6. The third-order valence-electron chi connectivity index (χ3n) is 6.18. The van der Waals surface area contributed by atoms with Crippen LogP contribution in [0.2, 0.25) is 0 Å². The van der Waals surface area contributed by atoms with Crippen LogP contribution >= 0.6 is 0 Å². The van der Waals surface area contributed by atoms with E-state index in [4.69, 9.17) is 4.74 Å². The minimum Gasteiger partial charge on any atom is -0.378 e. The second kappa shape index (κ2) is 9.49. The van der Waals surface area contributed by atoms with Crippen molar-refractivity contribution in [2.24, 2.45) is 0 Å². The Morgan fingerprint density at radius 1 is 0.824 bits per heavy atom. The fourth-order valence-electron chi connectivity index (χ4n) is 4.27. The van der Waals surface area contributed by atoms with Crippen molar-refractivity contribution in [3.63, 3.8) is 0 Å². The predicted molar refractivity (Wildman–Crippen MR) is 128 cm³/mol. The summed E-state index contributed by atoms with van der Waals surface area (Å²) in [5, 5.41) is 2.90. The van der Waals surface area contributed by atoms with E-state index in [2.05, 4.69) is 10.2 Å². The molecule has 7 nitrogen and oxygen atoms in total. The van der Waals surface area contributed by atoms with Crippen molar-refractivity contribution in [3.8, 4) is 0 Å². The molecule has 0 aromatic heterocycles. The van der Waals surface area contributed by atoms with Crippen molar-refractivity contribution in [2.45, 2.75) is 13.1 Å². The number of nitrogens with zero attached hydrogens (tertiary/aromatic N) is 2. The Kier molecular flexibility index (Phi) is 6.10. The van der Waals surface area contributed by atoms with Gasteiger partial charge in [-0.2, -0.15) is 0 Å². The Balaban J connectivity index is 1.23. The first-order valence-electron chi connectivity index (χ1n) is 11.3. The van der Waals surface area contributed by atoms with Gasteiger partial charge in [-0.1, -0.05) is 42.5 Å². The van der Waals surface area contributed by atoms with Gasteiger partial charge in [0, 0.05) is 30.9 Å². The number of benzene rings is 3. The highest BCUT2D eigenvalue weighted by Gasteiger charge is 2.36. The molecule has 0 aliphatic carbocycles. The Labute approximate surface area is 197 Å². The summed E-state index contributed by atoms with van der Waals surface area (Å²) in [7, 11) is 0. The third kappa shape index (κ3) is 4.43. The summed E-state index contributed by atoms with van der Waals surface area (Å²) in [4.78, 5) is 41.9. The summed E-state index contributed by atoms with van der Waals surface area (Å²) in [6.45, 7) is 3.78. The molecule has 5 rings (SSSR count). The number of rotatable bonds is 6. The summed E-state index contributed by atoms with van der Waals surface area (Å²) < 4.78 is 5.39. The van der Waals surface area contributed by atoms with E-state index in [-0.39, 0.29) is 29.8 Å². The number of anilines is 1. The number of carbonyl (C=O) groups excluding carboxylic acids is 3. The molecule has 3 amide bonds. The molecule has 2 aliphatic heterocycles. The van der Waals surface area contributed by atoms with Gasteiger partial charge >= 0.3 is 0 Å². The van der Waals surface area contributed by atoms with Crippen molar-refractivity contribution < 1.29 is 19.1 Å². The maximum atomic E-state index is 12.9. The molecule has 2 heterocycles. The molecule has 0 radical (unpaired) electrons. The van der Waals surface area contributed by atoms with Crippen LogP contribution in [0.4, 0.5) is 5.69 Å². The molecule has 1 N–H and O–H groups in total. The van der Waals surface area contributed by atoms with Crippen LogP contribution in [0.5, 0.6) is 0 Å². The summed E-state index contributed by atoms with van der Waals surface area (Å²) in [5.74, 6) is -1.00. The number of imide groups is 1. The van der Waals surface area contributed by atoms with Gasteiger partial charge in [0.05, 0.1) is 30.9 Å². The molecule has 0 bridgehead atoms. The molecule has 1 saturated heterocycles. The highest BCUT2D eigenvalue weighted by molar-refractivity contribution is 6.22. The minimum atomic E-state index is -0.378. The van der Waals surface area contributed by atoms with Gasteiger partial charge in [0.15, 0.2) is 0 Å². The number of fused-ring (bicyclic) bond motifs is 1. The topological polar surface area (TPSA) is 79.0 Å². The fraction of sp³-hybridized carbons (Fsp3) is 0.222. The van der Waals surface area contributed by atoms with E-state index in [0.29, 0.717) is 17.7 Å². The van der Waals surface area contributed by atoms with E-state index < -0.39 is 0 Å². The van der Waals surface area contributed by atoms with Crippen molar-refractivity contribution in [2.75, 3.05) is 31.2 Å². The van der Waals surface area contributed by atoms with Crippen LogP contribution in [0.25, 0.3) is 0 Å². The average Bonchev–Trinajstić information content (AvgIpc) is 3.13. The molecule has 3 aromatic rings. The molecule has 1 fully saturated rings. The maximum Gasteiger partial charge on any atom is 0.261 e. The van der Waals surface area contributed by atoms with Crippen molar-refractivity contribution in [3.05, 3.63) is 101 Å². The molecule has 0 saturated carbocycles. The lowest BCUT2D eigenvalue weighted by molar-refractivity contribution is 0.0642. The number of hydrogen-bond acceptors (Lipinski definition) is 5. The van der Waals surface area contributed by atoms with E-state index in [1.165, 1.54) is 11.0 Å². The minimum absolute atomic E-state index is 0.204. The monoisotopic (exact) mass is 455 g/mol. The Bertz CT molecular complexity index is 1220. The molecular formula is C27H25N3O4. The van der Waals surface area contributed by atoms with Crippen LogP contribution in [0, 0.1) is 0 Å². The van der Waals surface area contributed by atoms with Gasteiger partial charge in [-0.05, 0) is 41.5 Å². The van der Waals surface area contributed by atoms with Crippen LogP contribution < -0.4 is 10.2 Å². The molecule has 0 spiro atoms. The zero-order chi connectivity index (χ0) is 23.5. The standard InChI is InChI=1S/C27H25N3O4/c31-25(28-17-19-6-9-22(10-7-19)29-12-14-34-15-13-29)21-8-11-23-24(16-21)27(33)30(26(23)32)18-20-4-2-1-3-5-20/h1-11,16H,12-15,17-18H2,(H,28,31). The van der Waals surface area contributed by atoms with Gasteiger partial charge in [-0.15, -0.1) is 0 Å². The molecule has 34 heavy (non-hydrogen) atoms. The normalized spacial score (nSPS) is 15.4. The number of carbonyl (C=O) groups is 3. The highest BCUT2D eigenvalue weighted by Crippen LogP contribution is 2.26. The summed E-state index contributed by atoms with van der Waals surface area (Å²) in [6.07, 6.45) is 0. The second-order valence-corrected chi connectivity index (χ2v) is 8.39. The lowest BCUT2D eigenvalue weighted by Crippen LogP contribution is -2.36. The molecule has 0 unspecified atom stereocenters. The first-order valence-corrected chi connectivity index (χ1v) is 11.3. The second-order valence-electron chi connectivity index (χ2n) is 8.39. The van der Waals surface area contributed by atoms with Crippen LogP contribution in [-0.2, 0) is 17.8 Å². The van der Waals surface area contributed by atoms with E-state index in [1.54, 1.807) is 12.1 Å². The molecule has 3 aromatic carbocycles. The zero-order valence-corrected chi connectivity index (χ0v) is 18.7. The van der Waals surface area contributed by atoms with Crippen molar-refractivity contribution in [1.29, 1.82) is 0 Å². The van der Waals surface area contributed by atoms with Crippen molar-refractivity contribution >= 4 is 23.4 Å². The summed E-state index contributed by atoms with van der Waals surface area (Å²) in [6, 6.07) is 22.1. The fourth-order valence-corrected chi connectivity index (χ4v) is 4.27. The van der Waals surface area contributed by atoms with Crippen LogP contribution in [0.3, 0.4) is 0 Å². The highest BCUT2D eigenvalue weighted by atomic mass is 16.5. The van der Waals surface area contributed by atoms with Gasteiger partial charge in [0.25, 0.3) is 17.7 Å². The quantitative estimate of drug-likeness (QED) is 0.578. The SMILES string of the molecule is O=C(NCc1ccc(N2CCOCC2)cc1)c1ccc2c(c1)C(=O)N(Cc1ccccc1)C2=O. The van der Waals surface area contributed by atoms with E-state index in [0.717, 1.165) is 43.1 Å². The van der Waals surface area contributed by atoms with Gasteiger partial charge in [-0.3, -0.25) is 19.3 Å². The van der Waals surface area contributed by atoms with Crippen LogP contribution in [-0.4, -0.2) is 48.9 Å². The predicted octanol–water partition coefficient (Wildman–Crippen LogP) is 3.25. The Morgan fingerprint density at radius 2 is 1.53 bits per heavy atom. The molecule has 7 heteroatoms. The van der Waals surface area contributed by atoms with Gasteiger partial charge in [-0.25, -0.2) is 0 Å². The molecular weight excluding hydrogens is 430 g/mol. The number of hydrogen-bond donors (Lipinski definition) is 1. The molecule has 172 valence electrons. The van der Waals surface area contributed by atoms with Gasteiger partial charge < -0.3 is 15.0 Å². The Morgan fingerprint density at radius 3 is 2.26 bits per heavy atom. The summed E-state index contributed by atoms with van der Waals surface area (Å²) in [5.41, 5.74) is 3.94. The van der Waals surface area contributed by atoms with E-state index >= 15 is 0 Å². The largest absolute Gasteiger partial charge is 0.378 e. The number of amides is 3. The smallest absolute Gasteiger partial charge is 0.261 e. The van der Waals surface area contributed by atoms with Crippen LogP contribution in [0.15, 0.2) is 72.8 Å². The number of morpholine rings is 1. The van der Waals surface area contributed by atoms with E-state index in [9.17, 15) is 14.4 Å². The summed E-state index contributed by atoms with van der Waals surface area (Å²) >= 11 is 0. The van der Waals surface area contributed by atoms with Gasteiger partial charge in [0.1, 0.15) is 0 Å². The third-order valence-corrected chi connectivity index (χ3v) is 6.18. The first kappa shape index (κ1) is 21.9. The average molecular weight is 456 g/mol. The number of nitrogens with one attached hydrogen (secondary N) is 1. The van der Waals surface area contributed by atoms with Crippen molar-refractivity contribution in [1.82, 2.24) is 10.2 Å². The molecule has 0 atom stereocenters. The van der Waals surface area contributed by atoms with Gasteiger partial charge in [0.2, 0.25) is 0 Å². The lowest BCUT2D eigenvalue weighted by atomic mass is 10.1. The number of ether oxygens (including phenoxy) is 1. The van der Waals surface area contributed by atoms with Crippen LogP contribution in [0.1, 0.15) is 42.2 Å². The maximum absolute atomic E-state index is 12.9. The zero-order valence-electron chi connectivity index (χ0n) is 18.7.